The Morgan fingerprint density at radius 3 is 1.81 bits per heavy atom. The summed E-state index contributed by atoms with van der Waals surface area (Å²) in [6.45, 7) is 7.98. The summed E-state index contributed by atoms with van der Waals surface area (Å²) in [7, 11) is 0. The van der Waals surface area contributed by atoms with Gasteiger partial charge in [-0.2, -0.15) is 0 Å². The maximum absolute atomic E-state index is 4.98. The van der Waals surface area contributed by atoms with Crippen LogP contribution < -0.4 is 0 Å². The second kappa shape index (κ2) is 17.0. The van der Waals surface area contributed by atoms with Gasteiger partial charge >= 0.3 is 0 Å². The van der Waals surface area contributed by atoms with Gasteiger partial charge in [0.05, 0.1) is 5.69 Å². The largest absolute Gasteiger partial charge is 0.334 e. The highest BCUT2D eigenvalue weighted by atomic mass is 15.1. The molecule has 2 rings (SSSR count). The van der Waals surface area contributed by atoms with Crippen LogP contribution in [0.5, 0.6) is 0 Å². The Morgan fingerprint density at radius 1 is 0.688 bits per heavy atom. The van der Waals surface area contributed by atoms with E-state index in [1.807, 2.05) is 0 Å². The van der Waals surface area contributed by atoms with E-state index >= 15 is 0 Å². The number of unbranched alkanes of at least 4 members (excludes halogenated alkanes) is 12. The van der Waals surface area contributed by atoms with Gasteiger partial charge in [-0.1, -0.05) is 128 Å². The minimum absolute atomic E-state index is 0.500. The van der Waals surface area contributed by atoms with Crippen LogP contribution >= 0.6 is 0 Å². The lowest BCUT2D eigenvalue weighted by atomic mass is 10.0. The van der Waals surface area contributed by atoms with Crippen LogP contribution in [0.2, 0.25) is 0 Å². The molecule has 0 saturated carbocycles. The van der Waals surface area contributed by atoms with Crippen molar-refractivity contribution in [3.63, 3.8) is 0 Å². The van der Waals surface area contributed by atoms with Gasteiger partial charge in [-0.25, -0.2) is 4.98 Å². The quantitative estimate of drug-likeness (QED) is 0.200. The van der Waals surface area contributed by atoms with Crippen molar-refractivity contribution in [2.24, 2.45) is 0 Å². The highest BCUT2D eigenvalue weighted by Gasteiger charge is 2.11. The fourth-order valence-electron chi connectivity index (χ4n) is 4.66. The fourth-order valence-corrected chi connectivity index (χ4v) is 4.66. The number of imidazole rings is 1. The Bertz CT molecular complexity index is 686. The molecule has 0 unspecified atom stereocenters. The summed E-state index contributed by atoms with van der Waals surface area (Å²) in [5.74, 6) is 1.78. The van der Waals surface area contributed by atoms with E-state index in [1.165, 1.54) is 107 Å². The lowest BCUT2D eigenvalue weighted by molar-refractivity contribution is 0.518. The molecule has 0 aliphatic rings. The van der Waals surface area contributed by atoms with Gasteiger partial charge in [0.25, 0.3) is 0 Å². The molecule has 2 aromatic rings. The predicted molar refractivity (Wildman–Crippen MR) is 140 cm³/mol. The molecule has 2 nitrogen and oxygen atoms in total. The third kappa shape index (κ3) is 11.3. The standard InChI is InChI=1S/C30H50N2/c1-4-5-6-7-8-9-10-11-12-13-14-15-19-25-32-26-29(31-30(32)27(2)3)24-20-23-28-21-17-16-18-22-28/h16-18,21-22,26-27H,4-15,19-20,23-25H2,1-3H3. The zero-order chi connectivity index (χ0) is 22.9. The number of aromatic nitrogens is 2. The van der Waals surface area contributed by atoms with Gasteiger partial charge in [0.2, 0.25) is 0 Å². The maximum Gasteiger partial charge on any atom is 0.111 e. The molecule has 2 heteroatoms. The second-order valence-corrected chi connectivity index (χ2v) is 10.0. The number of rotatable bonds is 19. The Morgan fingerprint density at radius 2 is 1.25 bits per heavy atom. The van der Waals surface area contributed by atoms with Crippen molar-refractivity contribution in [1.82, 2.24) is 9.55 Å². The monoisotopic (exact) mass is 438 g/mol. The fraction of sp³-hybridized carbons (Fsp3) is 0.700. The van der Waals surface area contributed by atoms with Gasteiger partial charge in [-0.15, -0.1) is 0 Å². The van der Waals surface area contributed by atoms with Crippen LogP contribution in [0.1, 0.15) is 134 Å². The van der Waals surface area contributed by atoms with Gasteiger partial charge < -0.3 is 4.57 Å². The summed E-state index contributed by atoms with van der Waals surface area (Å²) < 4.78 is 2.45. The van der Waals surface area contributed by atoms with Crippen molar-refractivity contribution in [3.8, 4) is 0 Å². The minimum Gasteiger partial charge on any atom is -0.334 e. The zero-order valence-corrected chi connectivity index (χ0v) is 21.5. The average Bonchev–Trinajstić information content (AvgIpc) is 3.21. The lowest BCUT2D eigenvalue weighted by Crippen LogP contribution is -2.04. The van der Waals surface area contributed by atoms with E-state index in [-0.39, 0.29) is 0 Å². The van der Waals surface area contributed by atoms with E-state index in [2.05, 4.69) is 61.9 Å². The van der Waals surface area contributed by atoms with Crippen molar-refractivity contribution in [3.05, 3.63) is 53.6 Å². The molecule has 0 atom stereocenters. The first-order valence-electron chi connectivity index (χ1n) is 13.8. The number of hydrogen-bond acceptors (Lipinski definition) is 1. The molecule has 0 spiro atoms. The molecule has 32 heavy (non-hydrogen) atoms. The lowest BCUT2D eigenvalue weighted by Gasteiger charge is -2.10. The summed E-state index contributed by atoms with van der Waals surface area (Å²) in [4.78, 5) is 4.98. The Hall–Kier alpha value is -1.57. The Labute approximate surface area is 199 Å². The van der Waals surface area contributed by atoms with Crippen molar-refractivity contribution < 1.29 is 0 Å². The number of hydrogen-bond donors (Lipinski definition) is 0. The van der Waals surface area contributed by atoms with Crippen LogP contribution in [-0.4, -0.2) is 9.55 Å². The summed E-state index contributed by atoms with van der Waals surface area (Å²) in [6, 6.07) is 10.8. The van der Waals surface area contributed by atoms with Crippen molar-refractivity contribution in [2.45, 2.75) is 136 Å². The number of aryl methyl sites for hydroxylation is 3. The van der Waals surface area contributed by atoms with Crippen LogP contribution in [0.3, 0.4) is 0 Å². The third-order valence-corrected chi connectivity index (χ3v) is 6.62. The van der Waals surface area contributed by atoms with Gasteiger partial charge in [-0.05, 0) is 31.2 Å². The van der Waals surface area contributed by atoms with Crippen molar-refractivity contribution in [1.29, 1.82) is 0 Å². The van der Waals surface area contributed by atoms with Gasteiger partial charge in [0.15, 0.2) is 0 Å². The first-order valence-corrected chi connectivity index (χ1v) is 13.8. The smallest absolute Gasteiger partial charge is 0.111 e. The van der Waals surface area contributed by atoms with E-state index < -0.39 is 0 Å². The van der Waals surface area contributed by atoms with E-state index in [1.54, 1.807) is 0 Å². The molecule has 0 aliphatic carbocycles. The van der Waals surface area contributed by atoms with Gasteiger partial charge in [0, 0.05) is 18.7 Å². The highest BCUT2D eigenvalue weighted by Crippen LogP contribution is 2.18. The van der Waals surface area contributed by atoms with Gasteiger partial charge in [-0.3, -0.25) is 0 Å². The molecule has 0 bridgehead atoms. The van der Waals surface area contributed by atoms with Crippen LogP contribution in [0.4, 0.5) is 0 Å². The molecule has 0 fully saturated rings. The van der Waals surface area contributed by atoms with Crippen molar-refractivity contribution >= 4 is 0 Å². The predicted octanol–water partition coefficient (Wildman–Crippen LogP) is 9.27. The molecule has 0 N–H and O–H groups in total. The first kappa shape index (κ1) is 26.7. The summed E-state index contributed by atoms with van der Waals surface area (Å²) in [5.41, 5.74) is 2.71. The van der Waals surface area contributed by atoms with E-state index in [9.17, 15) is 0 Å². The molecule has 0 radical (unpaired) electrons. The Balaban J connectivity index is 1.56. The summed E-state index contributed by atoms with van der Waals surface area (Å²) >= 11 is 0. The Kier molecular flexibility index (Phi) is 14.2. The first-order chi connectivity index (χ1) is 15.7. The molecule has 0 amide bonds. The van der Waals surface area contributed by atoms with Gasteiger partial charge in [0.1, 0.15) is 5.82 Å². The minimum atomic E-state index is 0.500. The number of nitrogens with zero attached hydrogens (tertiary/aromatic N) is 2. The van der Waals surface area contributed by atoms with Crippen LogP contribution in [0.15, 0.2) is 36.5 Å². The van der Waals surface area contributed by atoms with E-state index in [4.69, 9.17) is 4.98 Å². The molecule has 0 saturated heterocycles. The van der Waals surface area contributed by atoms with Crippen LogP contribution in [0.25, 0.3) is 0 Å². The summed E-state index contributed by atoms with van der Waals surface area (Å²) in [5, 5.41) is 0. The topological polar surface area (TPSA) is 17.8 Å². The molecule has 1 aromatic carbocycles. The molecular formula is C30H50N2. The van der Waals surface area contributed by atoms with Crippen LogP contribution in [0, 0.1) is 0 Å². The third-order valence-electron chi connectivity index (χ3n) is 6.62. The number of benzene rings is 1. The molecule has 180 valence electrons. The summed E-state index contributed by atoms with van der Waals surface area (Å²) in [6.07, 6.45) is 24.1. The normalized spacial score (nSPS) is 11.5. The maximum atomic E-state index is 4.98. The molecule has 1 aromatic heterocycles. The SMILES string of the molecule is CCCCCCCCCCCCCCCn1cc(CCCc2ccccc2)nc1C(C)C. The highest BCUT2D eigenvalue weighted by molar-refractivity contribution is 5.15. The molecular weight excluding hydrogens is 388 g/mol. The zero-order valence-electron chi connectivity index (χ0n) is 21.5. The second-order valence-electron chi connectivity index (χ2n) is 10.0. The van der Waals surface area contributed by atoms with Crippen molar-refractivity contribution in [2.75, 3.05) is 0 Å². The van der Waals surface area contributed by atoms with E-state index in [0.717, 1.165) is 19.4 Å². The van der Waals surface area contributed by atoms with E-state index in [0.29, 0.717) is 5.92 Å². The molecule has 0 aliphatic heterocycles. The van der Waals surface area contributed by atoms with Crippen LogP contribution in [-0.2, 0) is 19.4 Å². The average molecular weight is 439 g/mol. The molecule has 1 heterocycles.